The summed E-state index contributed by atoms with van der Waals surface area (Å²) in [4.78, 5) is 33.6. The summed E-state index contributed by atoms with van der Waals surface area (Å²) in [5.41, 5.74) is 0.836. The van der Waals surface area contributed by atoms with Crippen LogP contribution in [0.3, 0.4) is 0 Å². The van der Waals surface area contributed by atoms with Gasteiger partial charge in [-0.1, -0.05) is 23.7 Å². The zero-order valence-corrected chi connectivity index (χ0v) is 19.6. The number of nitrogens with one attached hydrogen (secondary N) is 1. The van der Waals surface area contributed by atoms with Gasteiger partial charge in [-0.15, -0.1) is 0 Å². The van der Waals surface area contributed by atoms with E-state index >= 15 is 0 Å². The molecule has 1 aromatic carbocycles. The van der Waals surface area contributed by atoms with Crippen molar-refractivity contribution < 1.29 is 14.3 Å². The van der Waals surface area contributed by atoms with E-state index in [0.717, 1.165) is 11.3 Å². The zero-order valence-electron chi connectivity index (χ0n) is 18.8. The zero-order chi connectivity index (χ0) is 23.3. The number of halogens is 1. The maximum atomic E-state index is 12.9. The Morgan fingerprint density at radius 1 is 1.28 bits per heavy atom. The Hall–Kier alpha value is -2.84. The van der Waals surface area contributed by atoms with E-state index in [2.05, 4.69) is 9.97 Å². The molecule has 1 aliphatic rings. The fourth-order valence-electron chi connectivity index (χ4n) is 3.83. The van der Waals surface area contributed by atoms with E-state index in [1.807, 2.05) is 58.9 Å². The van der Waals surface area contributed by atoms with Crippen LogP contribution in [0, 0.1) is 0 Å². The Kier molecular flexibility index (Phi) is 5.55. The topological polar surface area (TPSA) is 89.5 Å². The average Bonchev–Trinajstić information content (AvgIpc) is 3.04. The van der Waals surface area contributed by atoms with Crippen LogP contribution in [0.2, 0.25) is 5.15 Å². The van der Waals surface area contributed by atoms with Crippen molar-refractivity contribution in [2.24, 2.45) is 0 Å². The van der Waals surface area contributed by atoms with Crippen molar-refractivity contribution in [1.82, 2.24) is 19.4 Å². The van der Waals surface area contributed by atoms with Gasteiger partial charge in [-0.3, -0.25) is 14.3 Å². The third-order valence-corrected chi connectivity index (χ3v) is 5.56. The van der Waals surface area contributed by atoms with E-state index in [9.17, 15) is 9.59 Å². The highest BCUT2D eigenvalue weighted by Gasteiger charge is 2.39. The Morgan fingerprint density at radius 2 is 1.97 bits per heavy atom. The molecular weight excluding hydrogens is 432 g/mol. The molecule has 2 aromatic heterocycles. The van der Waals surface area contributed by atoms with Gasteiger partial charge in [0.2, 0.25) is 0 Å². The molecule has 170 valence electrons. The van der Waals surface area contributed by atoms with Crippen LogP contribution in [0.15, 0.2) is 41.5 Å². The molecule has 0 spiro atoms. The highest BCUT2D eigenvalue weighted by molar-refractivity contribution is 6.31. The van der Waals surface area contributed by atoms with Gasteiger partial charge < -0.3 is 14.5 Å². The number of fused-ring (bicyclic) bond motifs is 1. The van der Waals surface area contributed by atoms with Gasteiger partial charge in [0, 0.05) is 5.69 Å². The quantitative estimate of drug-likeness (QED) is 0.612. The van der Waals surface area contributed by atoms with Gasteiger partial charge in [-0.05, 0) is 58.4 Å². The lowest BCUT2D eigenvalue weighted by molar-refractivity contribution is -0.114. The molecule has 3 aromatic rings. The number of aromatic amines is 1. The first-order valence-electron chi connectivity index (χ1n) is 10.4. The molecule has 3 heterocycles. The first-order valence-corrected chi connectivity index (χ1v) is 10.8. The molecule has 1 amide bonds. The van der Waals surface area contributed by atoms with E-state index in [0.29, 0.717) is 29.3 Å². The fraction of sp³-hybridized carbons (Fsp3) is 0.435. The molecule has 0 saturated carbocycles. The number of nitrogens with zero attached hydrogens (tertiary/aromatic N) is 3. The molecule has 8 nitrogen and oxygen atoms in total. The second-order valence-corrected chi connectivity index (χ2v) is 9.94. The van der Waals surface area contributed by atoms with Crippen LogP contribution in [-0.2, 0) is 9.47 Å². The van der Waals surface area contributed by atoms with E-state index in [4.69, 9.17) is 21.1 Å². The van der Waals surface area contributed by atoms with Crippen molar-refractivity contribution >= 4 is 28.7 Å². The standard InChI is InChI=1S/C23H27ClN4O4/c1-22(2,3)32-21(30)27-12-23(4,5)31-11-17(27)14-6-8-15(9-7-14)28-18(24)10-16-19(28)25-13-26-20(16)29/h6-10,13,17H,11-12H2,1-5H3,(H,25,26,29)/t17-/m1/s1. The summed E-state index contributed by atoms with van der Waals surface area (Å²) >= 11 is 6.40. The predicted octanol–water partition coefficient (Wildman–Crippen LogP) is 4.45. The van der Waals surface area contributed by atoms with Crippen LogP contribution >= 0.6 is 11.6 Å². The van der Waals surface area contributed by atoms with Crippen LogP contribution in [0.1, 0.15) is 46.2 Å². The molecule has 4 rings (SSSR count). The molecule has 0 unspecified atom stereocenters. The van der Waals surface area contributed by atoms with E-state index in [1.54, 1.807) is 15.5 Å². The van der Waals surface area contributed by atoms with E-state index in [1.165, 1.54) is 6.33 Å². The molecule has 1 atom stereocenters. The van der Waals surface area contributed by atoms with Crippen LogP contribution in [0.5, 0.6) is 0 Å². The van der Waals surface area contributed by atoms with Gasteiger partial charge in [-0.25, -0.2) is 9.78 Å². The minimum atomic E-state index is -0.592. The van der Waals surface area contributed by atoms with Gasteiger partial charge in [0.1, 0.15) is 10.8 Å². The number of carbonyl (C=O) groups excluding carboxylic acids is 1. The van der Waals surface area contributed by atoms with E-state index < -0.39 is 11.2 Å². The molecule has 32 heavy (non-hydrogen) atoms. The minimum Gasteiger partial charge on any atom is -0.444 e. The fourth-order valence-corrected chi connectivity index (χ4v) is 4.12. The molecule has 1 fully saturated rings. The van der Waals surface area contributed by atoms with Gasteiger partial charge in [-0.2, -0.15) is 0 Å². The van der Waals surface area contributed by atoms with Gasteiger partial charge >= 0.3 is 6.09 Å². The molecule has 0 aliphatic carbocycles. The summed E-state index contributed by atoms with van der Waals surface area (Å²) in [7, 11) is 0. The third-order valence-electron chi connectivity index (χ3n) is 5.28. The predicted molar refractivity (Wildman–Crippen MR) is 122 cm³/mol. The number of rotatable bonds is 2. The van der Waals surface area contributed by atoms with Crippen LogP contribution < -0.4 is 5.56 Å². The summed E-state index contributed by atoms with van der Waals surface area (Å²) in [6, 6.07) is 8.93. The Bertz CT molecular complexity index is 1210. The first-order chi connectivity index (χ1) is 15.0. The Balaban J connectivity index is 1.67. The number of amides is 1. The molecule has 9 heteroatoms. The highest BCUT2D eigenvalue weighted by atomic mass is 35.5. The lowest BCUT2D eigenvalue weighted by atomic mass is 9.99. The second-order valence-electron chi connectivity index (χ2n) is 9.56. The largest absolute Gasteiger partial charge is 0.444 e. The molecule has 1 N–H and O–H groups in total. The SMILES string of the molecule is CC(C)(C)OC(=O)N1CC(C)(C)OC[C@@H]1c1ccc(-n2c(Cl)cc3c(=O)[nH]cnc32)cc1. The number of morpholine rings is 1. The number of aromatic nitrogens is 3. The van der Waals surface area contributed by atoms with Crippen molar-refractivity contribution in [2.75, 3.05) is 13.2 Å². The lowest BCUT2D eigenvalue weighted by Crippen LogP contribution is -2.53. The average molecular weight is 459 g/mol. The van der Waals surface area contributed by atoms with Gasteiger partial charge in [0.15, 0.2) is 5.65 Å². The number of H-pyrrole nitrogens is 1. The van der Waals surface area contributed by atoms with Crippen LogP contribution in [0.4, 0.5) is 4.79 Å². The first kappa shape index (κ1) is 22.4. The summed E-state index contributed by atoms with van der Waals surface area (Å²) in [5.74, 6) is 0. The summed E-state index contributed by atoms with van der Waals surface area (Å²) in [6.07, 6.45) is 0.983. The summed E-state index contributed by atoms with van der Waals surface area (Å²) < 4.78 is 13.4. The number of ether oxygens (including phenoxy) is 2. The summed E-state index contributed by atoms with van der Waals surface area (Å²) in [5, 5.41) is 0.802. The monoisotopic (exact) mass is 458 g/mol. The van der Waals surface area contributed by atoms with Crippen LogP contribution in [-0.4, -0.2) is 49.9 Å². The summed E-state index contributed by atoms with van der Waals surface area (Å²) in [6.45, 7) is 10.2. The van der Waals surface area contributed by atoms with Crippen molar-refractivity contribution in [3.8, 4) is 5.69 Å². The normalized spacial score (nSPS) is 18.7. The lowest BCUT2D eigenvalue weighted by Gasteiger charge is -2.44. The number of hydrogen-bond donors (Lipinski definition) is 1. The van der Waals surface area contributed by atoms with Gasteiger partial charge in [0.25, 0.3) is 5.56 Å². The van der Waals surface area contributed by atoms with E-state index in [-0.39, 0.29) is 17.7 Å². The Labute approximate surface area is 191 Å². The molecule has 0 radical (unpaired) electrons. The second kappa shape index (κ2) is 7.94. The molecule has 1 aliphatic heterocycles. The van der Waals surface area contributed by atoms with Crippen molar-refractivity contribution in [3.63, 3.8) is 0 Å². The van der Waals surface area contributed by atoms with Crippen molar-refractivity contribution in [2.45, 2.75) is 51.9 Å². The maximum absolute atomic E-state index is 12.9. The Morgan fingerprint density at radius 3 is 2.62 bits per heavy atom. The molecule has 0 bridgehead atoms. The third kappa shape index (κ3) is 4.38. The van der Waals surface area contributed by atoms with Gasteiger partial charge in [0.05, 0.1) is 36.5 Å². The molecular formula is C23H27ClN4O4. The number of carbonyl (C=O) groups is 1. The smallest absolute Gasteiger partial charge is 0.410 e. The highest BCUT2D eigenvalue weighted by Crippen LogP contribution is 2.33. The number of hydrogen-bond acceptors (Lipinski definition) is 5. The number of benzene rings is 1. The van der Waals surface area contributed by atoms with Crippen molar-refractivity contribution in [1.29, 1.82) is 0 Å². The molecule has 1 saturated heterocycles. The maximum Gasteiger partial charge on any atom is 0.410 e. The van der Waals surface area contributed by atoms with Crippen molar-refractivity contribution in [3.05, 3.63) is 57.7 Å². The minimum absolute atomic E-state index is 0.248. The van der Waals surface area contributed by atoms with Crippen LogP contribution in [0.25, 0.3) is 16.7 Å².